The third-order valence-electron chi connectivity index (χ3n) is 3.29. The molecule has 2 aromatic rings. The Labute approximate surface area is 134 Å². The van der Waals surface area contributed by atoms with Crippen molar-refractivity contribution in [2.75, 3.05) is 27.2 Å². The molecule has 1 aromatic heterocycles. The molecule has 0 aliphatic rings. The van der Waals surface area contributed by atoms with Crippen LogP contribution in [0.1, 0.15) is 6.42 Å². The summed E-state index contributed by atoms with van der Waals surface area (Å²) in [4.78, 5) is 25.8. The zero-order valence-corrected chi connectivity index (χ0v) is 13.5. The Hall–Kier alpha value is -1.99. The zero-order valence-electron chi connectivity index (χ0n) is 12.7. The van der Waals surface area contributed by atoms with Crippen molar-refractivity contribution in [2.24, 2.45) is 0 Å². The summed E-state index contributed by atoms with van der Waals surface area (Å²) in [6.07, 6.45) is 0.229. The lowest BCUT2D eigenvalue weighted by atomic mass is 10.2. The number of nitrogens with one attached hydrogen (secondary N) is 1. The molecule has 0 saturated carbocycles. The molecule has 1 N–H and O–H groups in total. The normalized spacial score (nSPS) is 10.3. The van der Waals surface area contributed by atoms with Gasteiger partial charge in [0.1, 0.15) is 5.52 Å². The highest BCUT2D eigenvalue weighted by atomic mass is 35.5. The fraction of sp³-hybridized carbons (Fsp3) is 0.429. The van der Waals surface area contributed by atoms with E-state index in [-0.39, 0.29) is 36.8 Å². The van der Waals surface area contributed by atoms with Gasteiger partial charge in [-0.05, 0) is 19.2 Å². The van der Waals surface area contributed by atoms with Crippen molar-refractivity contribution in [2.45, 2.75) is 13.0 Å². The van der Waals surface area contributed by atoms with Crippen LogP contribution < -0.4 is 10.9 Å². The summed E-state index contributed by atoms with van der Waals surface area (Å²) in [6.45, 7) is 1.60. The topological polar surface area (TPSA) is 80.1 Å². The number of halogens is 1. The minimum absolute atomic E-state index is 0. The highest BCUT2D eigenvalue weighted by molar-refractivity contribution is 5.85. The van der Waals surface area contributed by atoms with Crippen molar-refractivity contribution in [1.29, 1.82) is 0 Å². The van der Waals surface area contributed by atoms with E-state index in [1.165, 1.54) is 4.68 Å². The number of carbonyl (C=O) groups excluding carboxylic acids is 1. The van der Waals surface area contributed by atoms with Crippen LogP contribution in [-0.4, -0.2) is 53.0 Å². The molecule has 0 aliphatic carbocycles. The van der Waals surface area contributed by atoms with E-state index in [2.05, 4.69) is 15.6 Å². The van der Waals surface area contributed by atoms with E-state index in [4.69, 9.17) is 0 Å². The number of carbonyl (C=O) groups is 1. The summed E-state index contributed by atoms with van der Waals surface area (Å²) in [5.74, 6) is -0.0212. The lowest BCUT2D eigenvalue weighted by molar-refractivity contribution is -0.130. The maximum absolute atomic E-state index is 12.2. The van der Waals surface area contributed by atoms with Gasteiger partial charge in [0.25, 0.3) is 5.56 Å². The minimum atomic E-state index is -0.216. The number of fused-ring (bicyclic) bond motifs is 1. The summed E-state index contributed by atoms with van der Waals surface area (Å²) in [5, 5.41) is 11.4. The summed E-state index contributed by atoms with van der Waals surface area (Å²) in [6, 6.07) is 7.04. The number of rotatable bonds is 6. The molecule has 0 radical (unpaired) electrons. The van der Waals surface area contributed by atoms with Gasteiger partial charge in [-0.15, -0.1) is 17.5 Å². The first kappa shape index (κ1) is 18.1. The Bertz CT molecular complexity index is 688. The molecular formula is C14H20ClN5O2. The number of likely N-dealkylation sites (N-methyl/N-ethyl adjacent to an activating group) is 2. The molecule has 0 saturated heterocycles. The summed E-state index contributed by atoms with van der Waals surface area (Å²) >= 11 is 0. The van der Waals surface area contributed by atoms with Gasteiger partial charge < -0.3 is 10.2 Å². The first-order chi connectivity index (χ1) is 10.1. The number of aromatic nitrogens is 3. The van der Waals surface area contributed by atoms with E-state index in [1.54, 1.807) is 36.2 Å². The molecule has 8 heteroatoms. The molecule has 1 amide bonds. The Morgan fingerprint density at radius 3 is 2.82 bits per heavy atom. The molecule has 120 valence electrons. The van der Waals surface area contributed by atoms with Crippen LogP contribution in [0.3, 0.4) is 0 Å². The second-order valence-electron chi connectivity index (χ2n) is 4.80. The van der Waals surface area contributed by atoms with Crippen molar-refractivity contribution in [3.63, 3.8) is 0 Å². The highest BCUT2D eigenvalue weighted by Crippen LogP contribution is 2.03. The number of hydrogen-bond donors (Lipinski definition) is 1. The summed E-state index contributed by atoms with van der Waals surface area (Å²) < 4.78 is 1.24. The van der Waals surface area contributed by atoms with Crippen LogP contribution in [0.5, 0.6) is 0 Å². The molecule has 1 heterocycles. The van der Waals surface area contributed by atoms with Crippen LogP contribution in [0.4, 0.5) is 0 Å². The van der Waals surface area contributed by atoms with Crippen LogP contribution >= 0.6 is 12.4 Å². The van der Waals surface area contributed by atoms with Gasteiger partial charge in [-0.2, -0.15) is 0 Å². The Kier molecular flexibility index (Phi) is 6.94. The van der Waals surface area contributed by atoms with Crippen molar-refractivity contribution in [1.82, 2.24) is 25.2 Å². The summed E-state index contributed by atoms with van der Waals surface area (Å²) in [7, 11) is 3.58. The minimum Gasteiger partial charge on any atom is -0.344 e. The molecule has 0 aliphatic heterocycles. The van der Waals surface area contributed by atoms with Gasteiger partial charge in [0.05, 0.1) is 11.9 Å². The highest BCUT2D eigenvalue weighted by Gasteiger charge is 2.10. The van der Waals surface area contributed by atoms with Crippen molar-refractivity contribution < 1.29 is 4.79 Å². The van der Waals surface area contributed by atoms with E-state index in [1.807, 2.05) is 7.05 Å². The van der Waals surface area contributed by atoms with Gasteiger partial charge in [-0.25, -0.2) is 4.68 Å². The van der Waals surface area contributed by atoms with E-state index in [0.29, 0.717) is 17.4 Å². The number of benzene rings is 1. The first-order valence-electron chi connectivity index (χ1n) is 6.84. The van der Waals surface area contributed by atoms with Crippen molar-refractivity contribution in [3.05, 3.63) is 34.6 Å². The summed E-state index contributed by atoms with van der Waals surface area (Å²) in [5.41, 5.74) is 0.350. The van der Waals surface area contributed by atoms with E-state index in [0.717, 1.165) is 6.54 Å². The quantitative estimate of drug-likeness (QED) is 0.825. The Morgan fingerprint density at radius 2 is 2.09 bits per heavy atom. The Morgan fingerprint density at radius 1 is 1.36 bits per heavy atom. The predicted octanol–water partition coefficient (Wildman–Crippen LogP) is 0.281. The van der Waals surface area contributed by atoms with Crippen molar-refractivity contribution in [3.8, 4) is 0 Å². The molecule has 0 unspecified atom stereocenters. The molecular weight excluding hydrogens is 306 g/mol. The van der Waals surface area contributed by atoms with Gasteiger partial charge in [0, 0.05) is 26.6 Å². The van der Waals surface area contributed by atoms with E-state index >= 15 is 0 Å². The van der Waals surface area contributed by atoms with Gasteiger partial charge in [-0.1, -0.05) is 17.3 Å². The second-order valence-corrected chi connectivity index (χ2v) is 4.80. The average molecular weight is 326 g/mol. The lowest BCUT2D eigenvalue weighted by Gasteiger charge is -2.16. The van der Waals surface area contributed by atoms with Gasteiger partial charge >= 0.3 is 0 Å². The van der Waals surface area contributed by atoms with Crippen LogP contribution in [0.15, 0.2) is 29.1 Å². The zero-order chi connectivity index (χ0) is 15.2. The standard InChI is InChI=1S/C14H19N5O2.ClH/c1-15-8-10-18(2)13(20)7-9-19-14(21)11-5-3-4-6-12(11)16-17-19;/h3-6,15H,7-10H2,1-2H3;1H. The molecule has 22 heavy (non-hydrogen) atoms. The smallest absolute Gasteiger partial charge is 0.277 e. The number of nitrogens with zero attached hydrogens (tertiary/aromatic N) is 4. The number of aryl methyl sites for hydroxylation is 1. The molecule has 0 fully saturated rings. The lowest BCUT2D eigenvalue weighted by Crippen LogP contribution is -2.34. The first-order valence-corrected chi connectivity index (χ1v) is 6.84. The number of amides is 1. The fourth-order valence-electron chi connectivity index (χ4n) is 1.97. The van der Waals surface area contributed by atoms with Gasteiger partial charge in [-0.3, -0.25) is 9.59 Å². The Balaban J connectivity index is 0.00000242. The van der Waals surface area contributed by atoms with Crippen LogP contribution in [0.2, 0.25) is 0 Å². The van der Waals surface area contributed by atoms with E-state index < -0.39 is 0 Å². The third kappa shape index (κ3) is 4.25. The van der Waals surface area contributed by atoms with Gasteiger partial charge in [0.15, 0.2) is 0 Å². The van der Waals surface area contributed by atoms with Crippen molar-refractivity contribution >= 4 is 29.2 Å². The van der Waals surface area contributed by atoms with Crippen LogP contribution in [0, 0.1) is 0 Å². The maximum atomic E-state index is 12.2. The van der Waals surface area contributed by atoms with Crippen LogP contribution in [-0.2, 0) is 11.3 Å². The third-order valence-corrected chi connectivity index (χ3v) is 3.29. The SMILES string of the molecule is CNCCN(C)C(=O)CCn1nnc2ccccc2c1=O.Cl. The average Bonchev–Trinajstić information content (AvgIpc) is 2.52. The van der Waals surface area contributed by atoms with Crippen LogP contribution in [0.25, 0.3) is 10.9 Å². The fourth-order valence-corrected chi connectivity index (χ4v) is 1.97. The van der Waals surface area contributed by atoms with Gasteiger partial charge in [0.2, 0.25) is 5.91 Å². The van der Waals surface area contributed by atoms with E-state index in [9.17, 15) is 9.59 Å². The molecule has 7 nitrogen and oxygen atoms in total. The predicted molar refractivity (Wildman–Crippen MR) is 87.2 cm³/mol. The molecule has 2 rings (SSSR count). The monoisotopic (exact) mass is 325 g/mol. The largest absolute Gasteiger partial charge is 0.344 e. The second kappa shape index (κ2) is 8.45. The molecule has 0 spiro atoms. The molecule has 0 bridgehead atoms. The maximum Gasteiger partial charge on any atom is 0.277 e. The molecule has 0 atom stereocenters. The molecule has 1 aromatic carbocycles. The number of hydrogen-bond acceptors (Lipinski definition) is 5.